The van der Waals surface area contributed by atoms with Crippen LogP contribution in [0.4, 0.5) is 5.13 Å². The van der Waals surface area contributed by atoms with Gasteiger partial charge in [-0.15, -0.1) is 10.0 Å². The number of rotatable bonds is 2. The second-order valence-corrected chi connectivity index (χ2v) is 2.59. The third-order valence-electron chi connectivity index (χ3n) is 1.03. The third kappa shape index (κ3) is 1.43. The lowest BCUT2D eigenvalue weighted by Crippen LogP contribution is -2.09. The highest BCUT2D eigenvalue weighted by molar-refractivity contribution is 7.12. The first-order valence-electron chi connectivity index (χ1n) is 2.86. The van der Waals surface area contributed by atoms with Gasteiger partial charge in [0, 0.05) is 14.1 Å². The number of nitrogens with one attached hydrogen (secondary N) is 1. The first kappa shape index (κ1) is 7.86. The fraction of sp³-hybridized carbons (Fsp3) is 0.500. The summed E-state index contributed by atoms with van der Waals surface area (Å²) in [6, 6.07) is 0. The van der Waals surface area contributed by atoms with E-state index in [9.17, 15) is 4.91 Å². The van der Waals surface area contributed by atoms with E-state index in [0.717, 1.165) is 4.79 Å². The minimum atomic E-state index is 0.476. The lowest BCUT2D eigenvalue weighted by atomic mass is 11.1. The van der Waals surface area contributed by atoms with E-state index in [1.165, 1.54) is 11.3 Å². The van der Waals surface area contributed by atoms with Crippen molar-refractivity contribution in [1.29, 1.82) is 0 Å². The van der Waals surface area contributed by atoms with Crippen LogP contribution in [0.15, 0.2) is 10.3 Å². The highest BCUT2D eigenvalue weighted by Crippen LogP contribution is 2.03. The number of anilines is 1. The molecule has 0 bridgehead atoms. The maximum Gasteiger partial charge on any atom is 0.231 e. The molecule has 0 saturated heterocycles. The fourth-order valence-electron chi connectivity index (χ4n) is 0.566. The summed E-state index contributed by atoms with van der Waals surface area (Å²) in [5.41, 5.74) is 0. The molecule has 0 amide bonds. The predicted molar refractivity (Wildman–Crippen MR) is 42.3 cm³/mol. The Labute approximate surface area is 66.5 Å². The molecule has 1 N–H and O–H groups in total. The first-order valence-corrected chi connectivity index (χ1v) is 3.68. The van der Waals surface area contributed by atoms with Crippen molar-refractivity contribution in [2.45, 2.75) is 0 Å². The number of nitrogens with zero attached hydrogens (tertiary/aromatic N) is 4. The predicted octanol–water partition coefficient (Wildman–Crippen LogP) is 0.0463. The summed E-state index contributed by atoms with van der Waals surface area (Å²) in [7, 11) is 3.29. The standard InChI is InChI=1S/C4H7N5OS/c1-5-3-7-9(8-10)4(6-2)11-3/h1-2H3,(H,5,7). The molecule has 0 fully saturated rings. The van der Waals surface area contributed by atoms with Gasteiger partial charge in [-0.1, -0.05) is 16.1 Å². The molecule has 0 spiro atoms. The van der Waals surface area contributed by atoms with Crippen LogP contribution in [0.25, 0.3) is 0 Å². The SMILES string of the molecule is CN=c1sc(NC)nn1N=O. The molecule has 0 saturated carbocycles. The van der Waals surface area contributed by atoms with Gasteiger partial charge in [0.05, 0.1) is 5.29 Å². The average Bonchev–Trinajstić information content (AvgIpc) is 2.46. The highest BCUT2D eigenvalue weighted by Gasteiger charge is 2.00. The van der Waals surface area contributed by atoms with Gasteiger partial charge in [-0.2, -0.15) is 0 Å². The maximum atomic E-state index is 10.1. The van der Waals surface area contributed by atoms with Crippen molar-refractivity contribution in [2.75, 3.05) is 19.4 Å². The van der Waals surface area contributed by atoms with Crippen molar-refractivity contribution in [3.05, 3.63) is 9.71 Å². The van der Waals surface area contributed by atoms with Gasteiger partial charge in [0.15, 0.2) is 0 Å². The van der Waals surface area contributed by atoms with Crippen LogP contribution in [-0.2, 0) is 0 Å². The van der Waals surface area contributed by atoms with Crippen molar-refractivity contribution < 1.29 is 0 Å². The van der Waals surface area contributed by atoms with Crippen molar-refractivity contribution in [3.8, 4) is 0 Å². The number of nitroso groups, excluding NO2 is 1. The molecule has 1 rings (SSSR count). The largest absolute Gasteiger partial charge is 0.363 e. The van der Waals surface area contributed by atoms with Crippen LogP contribution in [0.2, 0.25) is 0 Å². The molecule has 0 aromatic carbocycles. The fourth-order valence-corrected chi connectivity index (χ4v) is 1.21. The van der Waals surface area contributed by atoms with E-state index in [1.54, 1.807) is 14.1 Å². The van der Waals surface area contributed by atoms with Gasteiger partial charge in [0.25, 0.3) is 0 Å². The molecule has 0 unspecified atom stereocenters. The molecule has 0 aliphatic rings. The van der Waals surface area contributed by atoms with Gasteiger partial charge < -0.3 is 5.32 Å². The monoisotopic (exact) mass is 173 g/mol. The topological polar surface area (TPSA) is 71.6 Å². The highest BCUT2D eigenvalue weighted by atomic mass is 32.1. The molecule has 0 radical (unpaired) electrons. The van der Waals surface area contributed by atoms with E-state index >= 15 is 0 Å². The van der Waals surface area contributed by atoms with Crippen LogP contribution >= 0.6 is 11.3 Å². The Kier molecular flexibility index (Phi) is 2.32. The van der Waals surface area contributed by atoms with Crippen LogP contribution in [0, 0.1) is 4.91 Å². The number of aromatic nitrogens is 2. The molecule has 0 aliphatic heterocycles. The second kappa shape index (κ2) is 3.24. The van der Waals surface area contributed by atoms with E-state index in [4.69, 9.17) is 0 Å². The smallest absolute Gasteiger partial charge is 0.231 e. The van der Waals surface area contributed by atoms with Crippen molar-refractivity contribution in [1.82, 2.24) is 9.89 Å². The molecule has 11 heavy (non-hydrogen) atoms. The van der Waals surface area contributed by atoms with Gasteiger partial charge in [-0.05, 0) is 0 Å². The summed E-state index contributed by atoms with van der Waals surface area (Å²) in [6.45, 7) is 0. The van der Waals surface area contributed by atoms with E-state index in [2.05, 4.69) is 20.7 Å². The van der Waals surface area contributed by atoms with Crippen molar-refractivity contribution in [3.63, 3.8) is 0 Å². The lowest BCUT2D eigenvalue weighted by molar-refractivity contribution is 0.697. The van der Waals surface area contributed by atoms with Gasteiger partial charge >= 0.3 is 0 Å². The van der Waals surface area contributed by atoms with Gasteiger partial charge in [-0.3, -0.25) is 4.99 Å². The average molecular weight is 173 g/mol. The van der Waals surface area contributed by atoms with E-state index < -0.39 is 0 Å². The molecule has 1 aromatic rings. The summed E-state index contributed by atoms with van der Waals surface area (Å²) in [5, 5.41) is 9.81. The van der Waals surface area contributed by atoms with Crippen molar-refractivity contribution in [2.24, 2.45) is 10.3 Å². The Balaban J connectivity index is 3.24. The molecule has 1 aromatic heterocycles. The zero-order chi connectivity index (χ0) is 8.27. The molecular weight excluding hydrogens is 166 g/mol. The lowest BCUT2D eigenvalue weighted by Gasteiger charge is -1.84. The molecular formula is C4H7N5OS. The van der Waals surface area contributed by atoms with Gasteiger partial charge in [0.1, 0.15) is 0 Å². The Hall–Kier alpha value is -1.24. The van der Waals surface area contributed by atoms with Crippen LogP contribution in [-0.4, -0.2) is 24.0 Å². The Morgan fingerprint density at radius 1 is 1.73 bits per heavy atom. The minimum Gasteiger partial charge on any atom is -0.363 e. The number of hydrogen-bond acceptors (Lipinski definition) is 6. The summed E-state index contributed by atoms with van der Waals surface area (Å²) in [4.78, 5) is 15.3. The summed E-state index contributed by atoms with van der Waals surface area (Å²) < 4.78 is 0. The second-order valence-electron chi connectivity index (χ2n) is 1.63. The van der Waals surface area contributed by atoms with Crippen LogP contribution in [0.1, 0.15) is 0 Å². The summed E-state index contributed by atoms with van der Waals surface area (Å²) in [6.07, 6.45) is 0. The van der Waals surface area contributed by atoms with Crippen LogP contribution in [0.5, 0.6) is 0 Å². The van der Waals surface area contributed by atoms with E-state index in [0.29, 0.717) is 9.93 Å². The summed E-state index contributed by atoms with van der Waals surface area (Å²) >= 11 is 1.26. The minimum absolute atomic E-state index is 0.476. The van der Waals surface area contributed by atoms with Gasteiger partial charge in [-0.25, -0.2) is 0 Å². The maximum absolute atomic E-state index is 10.1. The Bertz CT molecular complexity index is 313. The van der Waals surface area contributed by atoms with Crippen LogP contribution in [0.3, 0.4) is 0 Å². The Morgan fingerprint density at radius 3 is 2.82 bits per heavy atom. The quantitative estimate of drug-likeness (QED) is 0.642. The molecule has 60 valence electrons. The molecule has 7 heteroatoms. The Morgan fingerprint density at radius 2 is 2.45 bits per heavy atom. The zero-order valence-electron chi connectivity index (χ0n) is 6.11. The first-order chi connectivity index (χ1) is 5.31. The zero-order valence-corrected chi connectivity index (χ0v) is 6.92. The summed E-state index contributed by atoms with van der Waals surface area (Å²) in [5.74, 6) is 0. The van der Waals surface area contributed by atoms with E-state index in [-0.39, 0.29) is 0 Å². The normalized spacial score (nSPS) is 11.6. The molecule has 1 heterocycles. The van der Waals surface area contributed by atoms with Crippen molar-refractivity contribution >= 4 is 16.5 Å². The van der Waals surface area contributed by atoms with E-state index in [1.807, 2.05) is 0 Å². The van der Waals surface area contributed by atoms with Gasteiger partial charge in [0.2, 0.25) is 9.93 Å². The molecule has 0 aliphatic carbocycles. The molecule has 6 nitrogen and oxygen atoms in total. The third-order valence-corrected chi connectivity index (χ3v) is 2.03. The molecule has 0 atom stereocenters. The van der Waals surface area contributed by atoms with Crippen LogP contribution < -0.4 is 10.1 Å². The number of hydrogen-bond donors (Lipinski definition) is 1.